The molecule has 0 aliphatic heterocycles. The van der Waals surface area contributed by atoms with Gasteiger partial charge in [-0.25, -0.2) is 4.79 Å². The van der Waals surface area contributed by atoms with E-state index in [1.165, 1.54) is 12.0 Å². The van der Waals surface area contributed by atoms with E-state index in [1.54, 1.807) is 0 Å². The van der Waals surface area contributed by atoms with Crippen molar-refractivity contribution in [2.24, 2.45) is 0 Å². The molecule has 0 aromatic heterocycles. The number of esters is 1. The van der Waals surface area contributed by atoms with E-state index in [4.69, 9.17) is 4.74 Å². The third kappa shape index (κ3) is 6.81. The fraction of sp³-hybridized carbons (Fsp3) is 0.833. The highest BCUT2D eigenvalue weighted by Crippen LogP contribution is 2.12. The summed E-state index contributed by atoms with van der Waals surface area (Å²) in [5.74, 6) is -0.334. The highest BCUT2D eigenvalue weighted by atomic mass is 16.6. The molecular weight excluding hydrogens is 222 g/mol. The van der Waals surface area contributed by atoms with Gasteiger partial charge in [-0.1, -0.05) is 0 Å². The molecule has 0 saturated carbocycles. The number of rotatable bonds is 4. The number of ether oxygens (including phenoxy) is 2. The Bertz CT molecular complexity index is 268. The predicted octanol–water partition coefficient (Wildman–Crippen LogP) is 2.20. The molecular formula is C12H23NO4. The summed E-state index contributed by atoms with van der Waals surface area (Å²) in [6.45, 7) is 9.48. The molecule has 0 aromatic rings. The van der Waals surface area contributed by atoms with Gasteiger partial charge in [-0.3, -0.25) is 4.79 Å². The van der Waals surface area contributed by atoms with Crippen LogP contribution in [0.3, 0.4) is 0 Å². The fourth-order valence-electron chi connectivity index (χ4n) is 1.19. The summed E-state index contributed by atoms with van der Waals surface area (Å²) in [6.07, 6.45) is -0.232. The summed E-state index contributed by atoms with van der Waals surface area (Å²) in [5, 5.41) is 0. The van der Waals surface area contributed by atoms with Gasteiger partial charge in [0.1, 0.15) is 5.60 Å². The number of hydrogen-bond acceptors (Lipinski definition) is 4. The van der Waals surface area contributed by atoms with Crippen LogP contribution < -0.4 is 0 Å². The number of hydrogen-bond donors (Lipinski definition) is 0. The molecule has 0 aromatic carbocycles. The van der Waals surface area contributed by atoms with Crippen LogP contribution in [0.4, 0.5) is 4.79 Å². The summed E-state index contributed by atoms with van der Waals surface area (Å²) in [6, 6.07) is -0.0190. The van der Waals surface area contributed by atoms with Crippen molar-refractivity contribution in [2.45, 2.75) is 52.7 Å². The van der Waals surface area contributed by atoms with E-state index < -0.39 is 11.7 Å². The first-order valence-corrected chi connectivity index (χ1v) is 5.74. The Balaban J connectivity index is 4.42. The smallest absolute Gasteiger partial charge is 0.410 e. The van der Waals surface area contributed by atoms with Gasteiger partial charge in [0.25, 0.3) is 0 Å². The van der Waals surface area contributed by atoms with Crippen LogP contribution in [0.25, 0.3) is 0 Å². The lowest BCUT2D eigenvalue weighted by Gasteiger charge is -2.29. The molecule has 17 heavy (non-hydrogen) atoms. The maximum atomic E-state index is 11.9. The van der Waals surface area contributed by atoms with Crippen LogP contribution in [-0.2, 0) is 14.3 Å². The summed E-state index contributed by atoms with van der Waals surface area (Å²) in [7, 11) is 1.33. The van der Waals surface area contributed by atoms with Gasteiger partial charge in [0.2, 0.25) is 0 Å². The molecule has 0 spiro atoms. The zero-order chi connectivity index (χ0) is 13.6. The van der Waals surface area contributed by atoms with Crippen molar-refractivity contribution >= 4 is 12.1 Å². The highest BCUT2D eigenvalue weighted by molar-refractivity contribution is 5.72. The molecule has 1 amide bonds. The number of carbonyl (C=O) groups excluding carboxylic acids is 2. The predicted molar refractivity (Wildman–Crippen MR) is 64.7 cm³/mol. The van der Waals surface area contributed by atoms with E-state index in [-0.39, 0.29) is 18.4 Å². The van der Waals surface area contributed by atoms with Crippen molar-refractivity contribution < 1.29 is 19.1 Å². The van der Waals surface area contributed by atoms with Crippen molar-refractivity contribution in [3.63, 3.8) is 0 Å². The lowest BCUT2D eigenvalue weighted by atomic mass is 10.2. The molecule has 0 rings (SSSR count). The Kier molecular flexibility index (Phi) is 5.99. The van der Waals surface area contributed by atoms with E-state index >= 15 is 0 Å². The minimum atomic E-state index is -0.532. The van der Waals surface area contributed by atoms with Gasteiger partial charge in [0.05, 0.1) is 13.5 Å². The second-order valence-corrected chi connectivity index (χ2v) is 5.09. The van der Waals surface area contributed by atoms with Crippen LogP contribution in [0.5, 0.6) is 0 Å². The molecule has 0 aliphatic carbocycles. The Morgan fingerprint density at radius 3 is 2.12 bits per heavy atom. The van der Waals surface area contributed by atoms with Crippen molar-refractivity contribution in [3.05, 3.63) is 0 Å². The molecule has 5 nitrogen and oxygen atoms in total. The summed E-state index contributed by atoms with van der Waals surface area (Å²) < 4.78 is 9.81. The SMILES string of the molecule is COC(=O)CCN(C(=O)OC(C)(C)C)C(C)C. The zero-order valence-corrected chi connectivity index (χ0v) is 11.6. The van der Waals surface area contributed by atoms with Gasteiger partial charge in [-0.05, 0) is 34.6 Å². The minimum Gasteiger partial charge on any atom is -0.469 e. The Labute approximate surface area is 103 Å². The Hall–Kier alpha value is -1.26. The topological polar surface area (TPSA) is 55.8 Å². The van der Waals surface area contributed by atoms with Gasteiger partial charge in [0, 0.05) is 12.6 Å². The first-order chi connectivity index (χ1) is 7.67. The van der Waals surface area contributed by atoms with E-state index in [2.05, 4.69) is 4.74 Å². The van der Waals surface area contributed by atoms with E-state index in [0.717, 1.165) is 0 Å². The van der Waals surface area contributed by atoms with Gasteiger partial charge < -0.3 is 14.4 Å². The molecule has 5 heteroatoms. The molecule has 0 N–H and O–H groups in total. The van der Waals surface area contributed by atoms with Crippen LogP contribution in [0.2, 0.25) is 0 Å². The third-order valence-electron chi connectivity index (χ3n) is 2.04. The summed E-state index contributed by atoms with van der Waals surface area (Å²) in [4.78, 5) is 24.4. The van der Waals surface area contributed by atoms with E-state index in [9.17, 15) is 9.59 Å². The average molecular weight is 245 g/mol. The maximum Gasteiger partial charge on any atom is 0.410 e. The molecule has 100 valence electrons. The molecule has 0 atom stereocenters. The van der Waals surface area contributed by atoms with Crippen molar-refractivity contribution in [1.82, 2.24) is 4.90 Å². The molecule has 0 bridgehead atoms. The second-order valence-electron chi connectivity index (χ2n) is 5.09. The fourth-order valence-corrected chi connectivity index (χ4v) is 1.19. The molecule has 0 aliphatic rings. The number of nitrogens with zero attached hydrogens (tertiary/aromatic N) is 1. The van der Waals surface area contributed by atoms with Crippen molar-refractivity contribution in [3.8, 4) is 0 Å². The minimum absolute atomic E-state index is 0.0190. The Morgan fingerprint density at radius 1 is 1.24 bits per heavy atom. The largest absolute Gasteiger partial charge is 0.469 e. The Morgan fingerprint density at radius 2 is 1.76 bits per heavy atom. The number of amides is 1. The molecule has 0 heterocycles. The van der Waals surface area contributed by atoms with Crippen LogP contribution >= 0.6 is 0 Å². The van der Waals surface area contributed by atoms with E-state index in [1.807, 2.05) is 34.6 Å². The first kappa shape index (κ1) is 15.7. The summed E-state index contributed by atoms with van der Waals surface area (Å²) >= 11 is 0. The number of methoxy groups -OCH3 is 1. The highest BCUT2D eigenvalue weighted by Gasteiger charge is 2.24. The zero-order valence-electron chi connectivity index (χ0n) is 11.6. The summed E-state index contributed by atoms with van der Waals surface area (Å²) in [5.41, 5.74) is -0.532. The first-order valence-electron chi connectivity index (χ1n) is 5.74. The molecule has 0 fully saturated rings. The molecule has 0 radical (unpaired) electrons. The quantitative estimate of drug-likeness (QED) is 0.712. The molecule has 0 unspecified atom stereocenters. The normalized spacial score (nSPS) is 11.2. The van der Waals surface area contributed by atoms with Gasteiger partial charge in [0.15, 0.2) is 0 Å². The van der Waals surface area contributed by atoms with Crippen LogP contribution in [-0.4, -0.2) is 42.3 Å². The van der Waals surface area contributed by atoms with Crippen LogP contribution in [0, 0.1) is 0 Å². The molecule has 0 saturated heterocycles. The van der Waals surface area contributed by atoms with Crippen molar-refractivity contribution in [1.29, 1.82) is 0 Å². The monoisotopic (exact) mass is 245 g/mol. The van der Waals surface area contributed by atoms with Gasteiger partial charge in [-0.2, -0.15) is 0 Å². The third-order valence-corrected chi connectivity index (χ3v) is 2.04. The lowest BCUT2D eigenvalue weighted by Crippen LogP contribution is -2.42. The van der Waals surface area contributed by atoms with Gasteiger partial charge in [-0.15, -0.1) is 0 Å². The van der Waals surface area contributed by atoms with Crippen molar-refractivity contribution in [2.75, 3.05) is 13.7 Å². The maximum absolute atomic E-state index is 11.9. The van der Waals surface area contributed by atoms with Crippen LogP contribution in [0.15, 0.2) is 0 Å². The average Bonchev–Trinajstić information content (AvgIpc) is 2.14. The lowest BCUT2D eigenvalue weighted by molar-refractivity contribution is -0.140. The second kappa shape index (κ2) is 6.47. The van der Waals surface area contributed by atoms with Crippen LogP contribution in [0.1, 0.15) is 41.0 Å². The number of carbonyl (C=O) groups is 2. The van der Waals surface area contributed by atoms with E-state index in [0.29, 0.717) is 6.54 Å². The van der Waals surface area contributed by atoms with Gasteiger partial charge >= 0.3 is 12.1 Å². The standard InChI is InChI=1S/C12H23NO4/c1-9(2)13(8-7-10(14)16-6)11(15)17-12(3,4)5/h9H,7-8H2,1-6H3.